The van der Waals surface area contributed by atoms with Crippen LogP contribution in [-0.2, 0) is 0 Å². The van der Waals surface area contributed by atoms with Crippen molar-refractivity contribution in [2.45, 2.75) is 26.7 Å². The van der Waals surface area contributed by atoms with Crippen molar-refractivity contribution >= 4 is 23.5 Å². The van der Waals surface area contributed by atoms with Crippen LogP contribution in [0.4, 0.5) is 5.95 Å². The van der Waals surface area contributed by atoms with Gasteiger partial charge in [0, 0.05) is 31.0 Å². The Labute approximate surface area is 153 Å². The number of aromatic nitrogens is 2. The Morgan fingerprint density at radius 2 is 1.84 bits per heavy atom. The highest BCUT2D eigenvalue weighted by molar-refractivity contribution is 6.33. The van der Waals surface area contributed by atoms with Gasteiger partial charge in [-0.25, -0.2) is 9.97 Å². The summed E-state index contributed by atoms with van der Waals surface area (Å²) in [5, 5.41) is 3.50. The molecule has 132 valence electrons. The van der Waals surface area contributed by atoms with E-state index >= 15 is 0 Å². The maximum atomic E-state index is 12.2. The first kappa shape index (κ1) is 17.7. The topological polar surface area (TPSA) is 58.1 Å². The van der Waals surface area contributed by atoms with Gasteiger partial charge in [-0.1, -0.05) is 23.7 Å². The quantitative estimate of drug-likeness (QED) is 0.910. The van der Waals surface area contributed by atoms with Crippen molar-refractivity contribution in [2.24, 2.45) is 5.92 Å². The van der Waals surface area contributed by atoms with Gasteiger partial charge in [0.1, 0.15) is 0 Å². The molecule has 1 saturated heterocycles. The minimum absolute atomic E-state index is 0.106. The summed E-state index contributed by atoms with van der Waals surface area (Å²) in [6.45, 7) is 6.49. The molecule has 25 heavy (non-hydrogen) atoms. The van der Waals surface area contributed by atoms with Crippen LogP contribution >= 0.6 is 11.6 Å². The maximum Gasteiger partial charge on any atom is 0.252 e. The molecule has 6 heteroatoms. The number of anilines is 1. The third-order valence-electron chi connectivity index (χ3n) is 4.54. The molecule has 3 rings (SSSR count). The van der Waals surface area contributed by atoms with E-state index in [1.165, 1.54) is 0 Å². The SMILES string of the molecule is Cc1cc(C)nc(N2CCC(CNC(=O)c3ccccc3Cl)CC2)n1. The number of carbonyl (C=O) groups is 1. The van der Waals surface area contributed by atoms with Gasteiger partial charge in [0.25, 0.3) is 5.91 Å². The van der Waals surface area contributed by atoms with E-state index in [1.54, 1.807) is 12.1 Å². The minimum atomic E-state index is -0.106. The number of nitrogens with zero attached hydrogens (tertiary/aromatic N) is 3. The molecule has 1 amide bonds. The third-order valence-corrected chi connectivity index (χ3v) is 4.87. The molecule has 5 nitrogen and oxygen atoms in total. The molecular weight excluding hydrogens is 336 g/mol. The van der Waals surface area contributed by atoms with Gasteiger partial charge in [0.05, 0.1) is 10.6 Å². The minimum Gasteiger partial charge on any atom is -0.352 e. The van der Waals surface area contributed by atoms with Crippen molar-refractivity contribution in [3.8, 4) is 0 Å². The molecule has 0 saturated carbocycles. The molecule has 2 heterocycles. The van der Waals surface area contributed by atoms with E-state index in [-0.39, 0.29) is 5.91 Å². The Bertz CT molecular complexity index is 737. The molecule has 1 aromatic heterocycles. The van der Waals surface area contributed by atoms with E-state index in [1.807, 2.05) is 32.0 Å². The Morgan fingerprint density at radius 1 is 1.20 bits per heavy atom. The highest BCUT2D eigenvalue weighted by Gasteiger charge is 2.22. The molecule has 0 aliphatic carbocycles. The van der Waals surface area contributed by atoms with Crippen LogP contribution < -0.4 is 10.2 Å². The number of aryl methyl sites for hydroxylation is 2. The second-order valence-electron chi connectivity index (χ2n) is 6.57. The van der Waals surface area contributed by atoms with Crippen LogP contribution in [0.3, 0.4) is 0 Å². The van der Waals surface area contributed by atoms with Crippen molar-refractivity contribution in [1.82, 2.24) is 15.3 Å². The fourth-order valence-corrected chi connectivity index (χ4v) is 3.39. The number of amides is 1. The number of piperidine rings is 1. The summed E-state index contributed by atoms with van der Waals surface area (Å²) >= 11 is 6.07. The molecule has 1 N–H and O–H groups in total. The van der Waals surface area contributed by atoms with Crippen molar-refractivity contribution in [1.29, 1.82) is 0 Å². The summed E-state index contributed by atoms with van der Waals surface area (Å²) in [5.41, 5.74) is 2.53. The molecule has 1 aliphatic heterocycles. The van der Waals surface area contributed by atoms with E-state index in [9.17, 15) is 4.79 Å². The lowest BCUT2D eigenvalue weighted by Gasteiger charge is -2.32. The molecule has 1 aliphatic rings. The molecule has 1 fully saturated rings. The predicted molar refractivity (Wildman–Crippen MR) is 100 cm³/mol. The van der Waals surface area contributed by atoms with Crippen LogP contribution in [0.2, 0.25) is 5.02 Å². The van der Waals surface area contributed by atoms with Crippen molar-refractivity contribution < 1.29 is 4.79 Å². The number of benzene rings is 1. The standard InChI is InChI=1S/C19H23ClN4O/c1-13-11-14(2)23-19(22-13)24-9-7-15(8-10-24)12-21-18(25)16-5-3-4-6-17(16)20/h3-6,11,15H,7-10,12H2,1-2H3,(H,21,25). The number of hydrogen-bond acceptors (Lipinski definition) is 4. The molecule has 0 atom stereocenters. The largest absolute Gasteiger partial charge is 0.352 e. The number of nitrogens with one attached hydrogen (secondary N) is 1. The summed E-state index contributed by atoms with van der Waals surface area (Å²) in [6.07, 6.45) is 2.03. The smallest absolute Gasteiger partial charge is 0.252 e. The zero-order valence-electron chi connectivity index (χ0n) is 14.6. The van der Waals surface area contributed by atoms with E-state index in [0.717, 1.165) is 43.3 Å². The average molecular weight is 359 g/mol. The maximum absolute atomic E-state index is 12.2. The van der Waals surface area contributed by atoms with Crippen molar-refractivity contribution in [2.75, 3.05) is 24.5 Å². The van der Waals surface area contributed by atoms with E-state index in [0.29, 0.717) is 23.0 Å². The molecule has 0 radical (unpaired) electrons. The van der Waals surface area contributed by atoms with Gasteiger partial charge in [-0.2, -0.15) is 0 Å². The van der Waals surface area contributed by atoms with Crippen LogP contribution in [0.15, 0.2) is 30.3 Å². The van der Waals surface area contributed by atoms with Gasteiger partial charge < -0.3 is 10.2 Å². The summed E-state index contributed by atoms with van der Waals surface area (Å²) in [4.78, 5) is 23.5. The first-order valence-corrected chi connectivity index (χ1v) is 9.00. The monoisotopic (exact) mass is 358 g/mol. The van der Waals surface area contributed by atoms with Gasteiger partial charge in [-0.05, 0) is 50.8 Å². The molecule has 0 bridgehead atoms. The number of halogens is 1. The fraction of sp³-hybridized carbons (Fsp3) is 0.421. The van der Waals surface area contributed by atoms with Gasteiger partial charge in [0.15, 0.2) is 0 Å². The second-order valence-corrected chi connectivity index (χ2v) is 6.98. The van der Waals surface area contributed by atoms with Gasteiger partial charge in [-0.15, -0.1) is 0 Å². The van der Waals surface area contributed by atoms with Crippen LogP contribution in [0, 0.1) is 19.8 Å². The molecule has 2 aromatic rings. The van der Waals surface area contributed by atoms with Crippen molar-refractivity contribution in [3.63, 3.8) is 0 Å². The summed E-state index contributed by atoms with van der Waals surface area (Å²) in [7, 11) is 0. The summed E-state index contributed by atoms with van der Waals surface area (Å²) < 4.78 is 0. The Hall–Kier alpha value is -2.14. The zero-order valence-corrected chi connectivity index (χ0v) is 15.4. The normalized spacial score (nSPS) is 15.2. The number of hydrogen-bond donors (Lipinski definition) is 1. The predicted octanol–water partition coefficient (Wildman–Crippen LogP) is 3.39. The van der Waals surface area contributed by atoms with Gasteiger partial charge >= 0.3 is 0 Å². The first-order chi connectivity index (χ1) is 12.0. The van der Waals surface area contributed by atoms with E-state index in [2.05, 4.69) is 20.2 Å². The lowest BCUT2D eigenvalue weighted by atomic mass is 9.97. The first-order valence-electron chi connectivity index (χ1n) is 8.63. The molecule has 1 aromatic carbocycles. The lowest BCUT2D eigenvalue weighted by Crippen LogP contribution is -2.39. The second kappa shape index (κ2) is 7.83. The van der Waals surface area contributed by atoms with Gasteiger partial charge in [0.2, 0.25) is 5.95 Å². The lowest BCUT2D eigenvalue weighted by molar-refractivity contribution is 0.0945. The Morgan fingerprint density at radius 3 is 2.48 bits per heavy atom. The van der Waals surface area contributed by atoms with Crippen LogP contribution in [-0.4, -0.2) is 35.5 Å². The Balaban J connectivity index is 1.51. The number of carbonyl (C=O) groups excluding carboxylic acids is 1. The molecule has 0 unspecified atom stereocenters. The van der Waals surface area contributed by atoms with Crippen molar-refractivity contribution in [3.05, 3.63) is 52.3 Å². The van der Waals surface area contributed by atoms with E-state index in [4.69, 9.17) is 11.6 Å². The van der Waals surface area contributed by atoms with E-state index < -0.39 is 0 Å². The third kappa shape index (κ3) is 4.48. The highest BCUT2D eigenvalue weighted by Crippen LogP contribution is 2.21. The summed E-state index contributed by atoms with van der Waals surface area (Å²) in [5.74, 6) is 1.18. The molecular formula is C19H23ClN4O. The van der Waals surface area contributed by atoms with Gasteiger partial charge in [-0.3, -0.25) is 4.79 Å². The van der Waals surface area contributed by atoms with Crippen LogP contribution in [0.1, 0.15) is 34.6 Å². The zero-order chi connectivity index (χ0) is 17.8. The highest BCUT2D eigenvalue weighted by atomic mass is 35.5. The summed E-state index contributed by atoms with van der Waals surface area (Å²) in [6, 6.07) is 9.12. The number of rotatable bonds is 4. The Kier molecular flexibility index (Phi) is 5.53. The fourth-order valence-electron chi connectivity index (χ4n) is 3.16. The molecule has 0 spiro atoms. The van der Waals surface area contributed by atoms with Crippen LogP contribution in [0.5, 0.6) is 0 Å². The average Bonchev–Trinajstić information content (AvgIpc) is 2.60. The van der Waals surface area contributed by atoms with Crippen LogP contribution in [0.25, 0.3) is 0 Å².